The lowest BCUT2D eigenvalue weighted by Crippen LogP contribution is -2.35. The lowest BCUT2D eigenvalue weighted by molar-refractivity contribution is 0.0921. The van der Waals surface area contributed by atoms with Gasteiger partial charge >= 0.3 is 0 Å². The van der Waals surface area contributed by atoms with Gasteiger partial charge < -0.3 is 14.8 Å². The molecule has 0 saturated carbocycles. The molecule has 30 heavy (non-hydrogen) atoms. The molecule has 3 aromatic rings. The van der Waals surface area contributed by atoms with Crippen molar-refractivity contribution in [2.45, 2.75) is 38.6 Å². The van der Waals surface area contributed by atoms with E-state index in [1.807, 2.05) is 54.9 Å². The van der Waals surface area contributed by atoms with Crippen LogP contribution in [0.3, 0.4) is 0 Å². The highest BCUT2D eigenvalue weighted by molar-refractivity contribution is 6.31. The number of amides is 1. The van der Waals surface area contributed by atoms with Crippen molar-refractivity contribution in [1.29, 1.82) is 0 Å². The van der Waals surface area contributed by atoms with Crippen molar-refractivity contribution in [2.24, 2.45) is 7.05 Å². The van der Waals surface area contributed by atoms with Crippen molar-refractivity contribution < 1.29 is 4.79 Å². The van der Waals surface area contributed by atoms with Crippen LogP contribution in [0.15, 0.2) is 48.5 Å². The summed E-state index contributed by atoms with van der Waals surface area (Å²) in [5.41, 5.74) is 3.84. The Kier molecular flexibility index (Phi) is 6.45. The van der Waals surface area contributed by atoms with Crippen LogP contribution in [0.2, 0.25) is 5.02 Å². The number of hydrogen-bond acceptors (Lipinski definition) is 2. The number of likely N-dealkylation sites (tertiary alicyclic amines) is 1. The number of nitrogens with one attached hydrogen (secondary N) is 1. The van der Waals surface area contributed by atoms with Gasteiger partial charge in [-0.25, -0.2) is 0 Å². The predicted octanol–water partition coefficient (Wildman–Crippen LogP) is 5.49. The first kappa shape index (κ1) is 21.0. The predicted molar refractivity (Wildman–Crippen MR) is 124 cm³/mol. The highest BCUT2D eigenvalue weighted by Crippen LogP contribution is 2.28. The molecule has 4 nitrogen and oxygen atoms in total. The minimum absolute atomic E-state index is 0.0124. The standard InChI is InChI=1S/C25H30ClN3O/c1-18-21-17-20(26)11-12-23(21)28(2)24(18)25(30)27-22(19-9-5-3-6-10-19)13-16-29-14-7-4-8-15-29/h3,5-6,9-12,17,22H,4,7-8,13-16H2,1-2H3,(H,27,30)/t22-/m1/s1. The first-order valence-corrected chi connectivity index (χ1v) is 11.2. The molecule has 4 rings (SSSR count). The Morgan fingerprint density at radius 1 is 1.10 bits per heavy atom. The second-order valence-corrected chi connectivity index (χ2v) is 8.76. The molecule has 0 radical (unpaired) electrons. The minimum Gasteiger partial charge on any atom is -0.344 e. The number of carbonyl (C=O) groups excluding carboxylic acids is 1. The van der Waals surface area contributed by atoms with Gasteiger partial charge in [0, 0.05) is 29.5 Å². The zero-order chi connectivity index (χ0) is 21.1. The fourth-order valence-electron chi connectivity index (χ4n) is 4.65. The van der Waals surface area contributed by atoms with Crippen LogP contribution in [-0.4, -0.2) is 35.0 Å². The molecule has 1 amide bonds. The number of aryl methyl sites for hydroxylation is 2. The van der Waals surface area contributed by atoms with E-state index in [-0.39, 0.29) is 11.9 Å². The summed E-state index contributed by atoms with van der Waals surface area (Å²) in [5, 5.41) is 5.04. The van der Waals surface area contributed by atoms with E-state index in [0.29, 0.717) is 10.7 Å². The van der Waals surface area contributed by atoms with Crippen molar-refractivity contribution in [3.05, 3.63) is 70.4 Å². The van der Waals surface area contributed by atoms with Gasteiger partial charge in [-0.2, -0.15) is 0 Å². The lowest BCUT2D eigenvalue weighted by atomic mass is 10.0. The Balaban J connectivity index is 1.58. The summed E-state index contributed by atoms with van der Waals surface area (Å²) in [5.74, 6) is -0.0326. The smallest absolute Gasteiger partial charge is 0.268 e. The third kappa shape index (κ3) is 4.40. The van der Waals surface area contributed by atoms with E-state index in [9.17, 15) is 4.79 Å². The van der Waals surface area contributed by atoms with Gasteiger partial charge in [0.1, 0.15) is 5.69 Å². The third-order valence-electron chi connectivity index (χ3n) is 6.32. The molecule has 1 aromatic heterocycles. The van der Waals surface area contributed by atoms with Crippen LogP contribution < -0.4 is 5.32 Å². The molecule has 2 aromatic carbocycles. The zero-order valence-corrected chi connectivity index (χ0v) is 18.6. The van der Waals surface area contributed by atoms with Gasteiger partial charge in [-0.3, -0.25) is 4.79 Å². The molecule has 1 N–H and O–H groups in total. The third-order valence-corrected chi connectivity index (χ3v) is 6.55. The monoisotopic (exact) mass is 423 g/mol. The average molecular weight is 424 g/mol. The van der Waals surface area contributed by atoms with E-state index >= 15 is 0 Å². The van der Waals surface area contributed by atoms with Gasteiger partial charge in [0.2, 0.25) is 0 Å². The summed E-state index contributed by atoms with van der Waals surface area (Å²) in [6, 6.07) is 16.1. The molecule has 0 spiro atoms. The molecule has 5 heteroatoms. The Morgan fingerprint density at radius 3 is 2.57 bits per heavy atom. The van der Waals surface area contributed by atoms with Gasteiger partial charge in [-0.05, 0) is 68.6 Å². The number of rotatable bonds is 6. The van der Waals surface area contributed by atoms with E-state index in [0.717, 1.165) is 35.0 Å². The van der Waals surface area contributed by atoms with Crippen LogP contribution in [0.5, 0.6) is 0 Å². The Hall–Kier alpha value is -2.30. The number of hydrogen-bond donors (Lipinski definition) is 1. The van der Waals surface area contributed by atoms with Crippen LogP contribution >= 0.6 is 11.6 Å². The summed E-state index contributed by atoms with van der Waals surface area (Å²) in [4.78, 5) is 15.9. The molecule has 1 atom stereocenters. The van der Waals surface area contributed by atoms with Gasteiger partial charge in [-0.1, -0.05) is 48.4 Å². The van der Waals surface area contributed by atoms with Crippen molar-refractivity contribution in [3.8, 4) is 0 Å². The SMILES string of the molecule is Cc1c(C(=O)N[C@H](CCN2CCCCC2)c2ccccc2)n(C)c2ccc(Cl)cc12. The fraction of sp³-hybridized carbons (Fsp3) is 0.400. The molecule has 1 aliphatic heterocycles. The summed E-state index contributed by atoms with van der Waals surface area (Å²) < 4.78 is 1.98. The van der Waals surface area contributed by atoms with E-state index < -0.39 is 0 Å². The zero-order valence-electron chi connectivity index (χ0n) is 17.8. The maximum atomic E-state index is 13.4. The topological polar surface area (TPSA) is 37.3 Å². The van der Waals surface area contributed by atoms with Crippen LogP contribution in [0.4, 0.5) is 0 Å². The molecule has 0 aliphatic carbocycles. The minimum atomic E-state index is -0.0326. The van der Waals surface area contributed by atoms with Crippen molar-refractivity contribution in [3.63, 3.8) is 0 Å². The van der Waals surface area contributed by atoms with Gasteiger partial charge in [-0.15, -0.1) is 0 Å². The van der Waals surface area contributed by atoms with Crippen molar-refractivity contribution in [2.75, 3.05) is 19.6 Å². The first-order chi connectivity index (χ1) is 14.5. The van der Waals surface area contributed by atoms with E-state index in [1.165, 1.54) is 32.4 Å². The molecule has 0 unspecified atom stereocenters. The summed E-state index contributed by atoms with van der Waals surface area (Å²) in [6.45, 7) is 5.33. The largest absolute Gasteiger partial charge is 0.344 e. The van der Waals surface area contributed by atoms with Crippen molar-refractivity contribution >= 4 is 28.4 Å². The summed E-state index contributed by atoms with van der Waals surface area (Å²) in [7, 11) is 1.95. The van der Waals surface area contributed by atoms with Gasteiger partial charge in [0.25, 0.3) is 5.91 Å². The van der Waals surface area contributed by atoms with Crippen LogP contribution in [0.1, 0.15) is 53.3 Å². The maximum Gasteiger partial charge on any atom is 0.268 e. The molecular weight excluding hydrogens is 394 g/mol. The number of halogens is 1. The second-order valence-electron chi connectivity index (χ2n) is 8.32. The number of piperidine rings is 1. The number of nitrogens with zero attached hydrogens (tertiary/aromatic N) is 2. The second kappa shape index (κ2) is 9.23. The van der Waals surface area contributed by atoms with Gasteiger partial charge in [0.15, 0.2) is 0 Å². The number of fused-ring (bicyclic) bond motifs is 1. The van der Waals surface area contributed by atoms with E-state index in [2.05, 4.69) is 22.3 Å². The number of benzene rings is 2. The fourth-order valence-corrected chi connectivity index (χ4v) is 4.82. The number of carbonyl (C=O) groups is 1. The number of aromatic nitrogens is 1. The van der Waals surface area contributed by atoms with Gasteiger partial charge in [0.05, 0.1) is 6.04 Å². The summed E-state index contributed by atoms with van der Waals surface area (Å²) >= 11 is 6.20. The maximum absolute atomic E-state index is 13.4. The van der Waals surface area contributed by atoms with Crippen LogP contribution in [0.25, 0.3) is 10.9 Å². The Bertz CT molecular complexity index is 1020. The van der Waals surface area contributed by atoms with Crippen LogP contribution in [0, 0.1) is 6.92 Å². The van der Waals surface area contributed by atoms with E-state index in [1.54, 1.807) is 0 Å². The molecular formula is C25H30ClN3O. The molecule has 1 fully saturated rings. The highest BCUT2D eigenvalue weighted by Gasteiger charge is 2.23. The molecule has 2 heterocycles. The van der Waals surface area contributed by atoms with Crippen molar-refractivity contribution in [1.82, 2.24) is 14.8 Å². The molecule has 1 saturated heterocycles. The Labute approximate surface area is 183 Å². The Morgan fingerprint density at radius 2 is 1.83 bits per heavy atom. The van der Waals surface area contributed by atoms with E-state index in [4.69, 9.17) is 11.6 Å². The molecule has 1 aliphatic rings. The average Bonchev–Trinajstić information content (AvgIpc) is 3.02. The normalized spacial score (nSPS) is 16.0. The first-order valence-electron chi connectivity index (χ1n) is 10.9. The quantitative estimate of drug-likeness (QED) is 0.569. The molecule has 0 bridgehead atoms. The van der Waals surface area contributed by atoms with Crippen LogP contribution in [-0.2, 0) is 7.05 Å². The highest BCUT2D eigenvalue weighted by atomic mass is 35.5. The lowest BCUT2D eigenvalue weighted by Gasteiger charge is -2.29. The summed E-state index contributed by atoms with van der Waals surface area (Å²) in [6.07, 6.45) is 4.80. The molecule has 158 valence electrons.